The van der Waals surface area contributed by atoms with Crippen molar-refractivity contribution in [3.63, 3.8) is 0 Å². The zero-order chi connectivity index (χ0) is 12.5. The van der Waals surface area contributed by atoms with Crippen molar-refractivity contribution >= 4 is 5.91 Å². The molecular weight excluding hydrogens is 216 g/mol. The summed E-state index contributed by atoms with van der Waals surface area (Å²) in [5, 5.41) is 12.5. The minimum absolute atomic E-state index is 0.122. The Kier molecular flexibility index (Phi) is 7.21. The summed E-state index contributed by atoms with van der Waals surface area (Å²) in [6, 6.07) is 0. The number of rotatable bonds is 8. The number of hydrogen-bond donors (Lipinski definition) is 3. The predicted octanol–water partition coefficient (Wildman–Crippen LogP) is 1.17. The van der Waals surface area contributed by atoms with Crippen molar-refractivity contribution in [2.45, 2.75) is 57.5 Å². The fourth-order valence-electron chi connectivity index (χ4n) is 2.37. The average Bonchev–Trinajstić information content (AvgIpc) is 2.72. The molecule has 1 amide bonds. The Hall–Kier alpha value is -0.610. The molecule has 0 radical (unpaired) electrons. The van der Waals surface area contributed by atoms with Crippen LogP contribution in [0.15, 0.2) is 0 Å². The first-order chi connectivity index (χ1) is 8.24. The van der Waals surface area contributed by atoms with Crippen LogP contribution in [0.5, 0.6) is 0 Å². The van der Waals surface area contributed by atoms with Crippen LogP contribution in [0.4, 0.5) is 0 Å². The maximum atomic E-state index is 11.5. The molecule has 1 aliphatic carbocycles. The third-order valence-corrected chi connectivity index (χ3v) is 3.54. The third kappa shape index (κ3) is 6.03. The van der Waals surface area contributed by atoms with E-state index in [1.807, 2.05) is 0 Å². The van der Waals surface area contributed by atoms with Gasteiger partial charge in [-0.1, -0.05) is 19.3 Å². The molecule has 4 nitrogen and oxygen atoms in total. The first-order valence-electron chi connectivity index (χ1n) is 6.89. The van der Waals surface area contributed by atoms with Crippen LogP contribution < -0.4 is 11.1 Å². The molecule has 0 aromatic heterocycles. The molecule has 0 bridgehead atoms. The van der Waals surface area contributed by atoms with Gasteiger partial charge in [0.15, 0.2) is 0 Å². The maximum absolute atomic E-state index is 11.5. The van der Waals surface area contributed by atoms with Gasteiger partial charge in [0.25, 0.3) is 0 Å². The molecule has 100 valence electrons. The Morgan fingerprint density at radius 3 is 2.65 bits per heavy atom. The number of carbonyl (C=O) groups is 1. The highest BCUT2D eigenvalue weighted by atomic mass is 16.3. The van der Waals surface area contributed by atoms with Crippen molar-refractivity contribution < 1.29 is 9.90 Å². The van der Waals surface area contributed by atoms with Crippen LogP contribution >= 0.6 is 0 Å². The number of carbonyl (C=O) groups excluding carboxylic acids is 1. The van der Waals surface area contributed by atoms with E-state index in [2.05, 4.69) is 5.32 Å². The lowest BCUT2D eigenvalue weighted by Crippen LogP contribution is -2.32. The highest BCUT2D eigenvalue weighted by Gasteiger charge is 2.25. The van der Waals surface area contributed by atoms with Gasteiger partial charge in [-0.3, -0.25) is 4.79 Å². The van der Waals surface area contributed by atoms with E-state index < -0.39 is 0 Å². The lowest BCUT2D eigenvalue weighted by molar-refractivity contribution is -0.121. The second-order valence-electron chi connectivity index (χ2n) is 5.02. The van der Waals surface area contributed by atoms with E-state index in [0.29, 0.717) is 13.0 Å². The molecule has 1 fully saturated rings. The summed E-state index contributed by atoms with van der Waals surface area (Å²) in [6.45, 7) is 1.38. The number of unbranched alkanes of at least 4 members (excludes halogenated alkanes) is 3. The summed E-state index contributed by atoms with van der Waals surface area (Å²) in [6.07, 6.45) is 7.60. The SMILES string of the molecule is NCCCCCCC(=O)NCC1CCCC1O. The van der Waals surface area contributed by atoms with Gasteiger partial charge in [0.05, 0.1) is 6.10 Å². The van der Waals surface area contributed by atoms with Gasteiger partial charge in [-0.2, -0.15) is 0 Å². The Morgan fingerprint density at radius 1 is 1.24 bits per heavy atom. The quantitative estimate of drug-likeness (QED) is 0.559. The smallest absolute Gasteiger partial charge is 0.220 e. The molecule has 0 aromatic carbocycles. The molecule has 0 heterocycles. The van der Waals surface area contributed by atoms with Crippen LogP contribution in [0.25, 0.3) is 0 Å². The van der Waals surface area contributed by atoms with E-state index in [1.165, 1.54) is 0 Å². The van der Waals surface area contributed by atoms with Crippen LogP contribution in [0.2, 0.25) is 0 Å². The van der Waals surface area contributed by atoms with Gasteiger partial charge in [0, 0.05) is 18.9 Å². The molecule has 4 heteroatoms. The van der Waals surface area contributed by atoms with Crippen molar-refractivity contribution in [2.75, 3.05) is 13.1 Å². The summed E-state index contributed by atoms with van der Waals surface area (Å²) >= 11 is 0. The Balaban J connectivity index is 1.97. The first-order valence-corrected chi connectivity index (χ1v) is 6.89. The average molecular weight is 242 g/mol. The largest absolute Gasteiger partial charge is 0.393 e. The van der Waals surface area contributed by atoms with Crippen molar-refractivity contribution in [2.24, 2.45) is 11.7 Å². The van der Waals surface area contributed by atoms with Gasteiger partial charge in [-0.15, -0.1) is 0 Å². The van der Waals surface area contributed by atoms with Gasteiger partial charge in [-0.25, -0.2) is 0 Å². The lowest BCUT2D eigenvalue weighted by Gasteiger charge is -2.14. The van der Waals surface area contributed by atoms with Gasteiger partial charge in [0.2, 0.25) is 5.91 Å². The van der Waals surface area contributed by atoms with E-state index >= 15 is 0 Å². The standard InChI is InChI=1S/C13H26N2O2/c14-9-4-2-1-3-8-13(17)15-10-11-6-5-7-12(11)16/h11-12,16H,1-10,14H2,(H,15,17). The van der Waals surface area contributed by atoms with Crippen LogP contribution in [-0.2, 0) is 4.79 Å². The molecule has 0 saturated heterocycles. The van der Waals surface area contributed by atoms with Crippen molar-refractivity contribution in [3.05, 3.63) is 0 Å². The summed E-state index contributed by atoms with van der Waals surface area (Å²) in [5.41, 5.74) is 5.40. The zero-order valence-corrected chi connectivity index (χ0v) is 10.7. The van der Waals surface area contributed by atoms with E-state index in [1.54, 1.807) is 0 Å². The number of nitrogens with two attached hydrogens (primary N) is 1. The molecule has 1 saturated carbocycles. The molecule has 17 heavy (non-hydrogen) atoms. The van der Waals surface area contributed by atoms with E-state index in [-0.39, 0.29) is 17.9 Å². The second kappa shape index (κ2) is 8.48. The van der Waals surface area contributed by atoms with Crippen LogP contribution in [-0.4, -0.2) is 30.2 Å². The number of nitrogens with one attached hydrogen (secondary N) is 1. The van der Waals surface area contributed by atoms with Gasteiger partial charge in [0.1, 0.15) is 0 Å². The summed E-state index contributed by atoms with van der Waals surface area (Å²) < 4.78 is 0. The maximum Gasteiger partial charge on any atom is 0.220 e. The second-order valence-corrected chi connectivity index (χ2v) is 5.02. The summed E-state index contributed by atoms with van der Waals surface area (Å²) in [5.74, 6) is 0.396. The third-order valence-electron chi connectivity index (χ3n) is 3.54. The lowest BCUT2D eigenvalue weighted by atomic mass is 10.1. The minimum Gasteiger partial charge on any atom is -0.393 e. The fraction of sp³-hybridized carbons (Fsp3) is 0.923. The molecule has 0 aliphatic heterocycles. The molecular formula is C13H26N2O2. The normalized spacial score (nSPS) is 23.9. The summed E-state index contributed by atoms with van der Waals surface area (Å²) in [7, 11) is 0. The van der Waals surface area contributed by atoms with Gasteiger partial charge >= 0.3 is 0 Å². The topological polar surface area (TPSA) is 75.4 Å². The predicted molar refractivity (Wildman–Crippen MR) is 68.5 cm³/mol. The van der Waals surface area contributed by atoms with E-state index in [0.717, 1.165) is 51.5 Å². The van der Waals surface area contributed by atoms with Crippen LogP contribution in [0.3, 0.4) is 0 Å². The molecule has 1 rings (SSSR count). The van der Waals surface area contributed by atoms with Crippen molar-refractivity contribution in [1.82, 2.24) is 5.32 Å². The van der Waals surface area contributed by atoms with Crippen LogP contribution in [0.1, 0.15) is 51.4 Å². The van der Waals surface area contributed by atoms with Crippen LogP contribution in [0, 0.1) is 5.92 Å². The highest BCUT2D eigenvalue weighted by Crippen LogP contribution is 2.24. The fourth-order valence-corrected chi connectivity index (χ4v) is 2.37. The highest BCUT2D eigenvalue weighted by molar-refractivity contribution is 5.75. The number of aliphatic hydroxyl groups is 1. The monoisotopic (exact) mass is 242 g/mol. The number of amides is 1. The summed E-state index contributed by atoms with van der Waals surface area (Å²) in [4.78, 5) is 11.5. The van der Waals surface area contributed by atoms with Gasteiger partial charge in [-0.05, 0) is 32.2 Å². The van der Waals surface area contributed by atoms with E-state index in [4.69, 9.17) is 5.73 Å². The van der Waals surface area contributed by atoms with Crippen molar-refractivity contribution in [3.8, 4) is 0 Å². The molecule has 2 unspecified atom stereocenters. The van der Waals surface area contributed by atoms with Gasteiger partial charge < -0.3 is 16.2 Å². The van der Waals surface area contributed by atoms with E-state index in [9.17, 15) is 9.90 Å². The molecule has 1 aliphatic rings. The Bertz CT molecular complexity index is 221. The Morgan fingerprint density at radius 2 is 2.00 bits per heavy atom. The molecule has 2 atom stereocenters. The van der Waals surface area contributed by atoms with Crippen molar-refractivity contribution in [1.29, 1.82) is 0 Å². The molecule has 0 spiro atoms. The number of aliphatic hydroxyl groups excluding tert-OH is 1. The molecule has 4 N–H and O–H groups in total. The first kappa shape index (κ1) is 14.5. The minimum atomic E-state index is -0.208. The Labute approximate surface area is 104 Å². The molecule has 0 aromatic rings. The number of hydrogen-bond acceptors (Lipinski definition) is 3. The zero-order valence-electron chi connectivity index (χ0n) is 10.7.